The van der Waals surface area contributed by atoms with Crippen LogP contribution in [0.25, 0.3) is 11.0 Å². The Kier molecular flexibility index (Phi) is 3.39. The first-order chi connectivity index (χ1) is 10.1. The molecule has 0 aliphatic heterocycles. The highest BCUT2D eigenvalue weighted by Gasteiger charge is 2.13. The minimum absolute atomic E-state index is 0.0473. The summed E-state index contributed by atoms with van der Waals surface area (Å²) in [7, 11) is 0. The minimum atomic E-state index is -0.486. The summed E-state index contributed by atoms with van der Waals surface area (Å²) in [6.45, 7) is 1.85. The van der Waals surface area contributed by atoms with E-state index in [4.69, 9.17) is 0 Å². The molecule has 0 saturated heterocycles. The van der Waals surface area contributed by atoms with Crippen molar-refractivity contribution in [3.63, 3.8) is 0 Å². The highest BCUT2D eigenvalue weighted by atomic mass is 19.1. The van der Waals surface area contributed by atoms with Gasteiger partial charge < -0.3 is 10.3 Å². The smallest absolute Gasteiger partial charge is 0.254 e. The molecule has 106 valence electrons. The van der Waals surface area contributed by atoms with E-state index >= 15 is 0 Å². The largest absolute Gasteiger partial charge is 0.345 e. The fourth-order valence-electron chi connectivity index (χ4n) is 2.17. The first kappa shape index (κ1) is 13.3. The van der Waals surface area contributed by atoms with Crippen molar-refractivity contribution in [2.45, 2.75) is 13.5 Å². The molecule has 0 aliphatic rings. The van der Waals surface area contributed by atoms with Crippen LogP contribution < -0.4 is 5.32 Å². The van der Waals surface area contributed by atoms with Crippen LogP contribution in [0.5, 0.6) is 0 Å². The Hall–Kier alpha value is -2.69. The topological polar surface area (TPSA) is 57.8 Å². The van der Waals surface area contributed by atoms with E-state index < -0.39 is 11.7 Å². The highest BCUT2D eigenvalue weighted by molar-refractivity contribution is 5.94. The Bertz CT molecular complexity index is 777. The Balaban J connectivity index is 1.75. The van der Waals surface area contributed by atoms with E-state index in [1.807, 2.05) is 24.3 Å². The summed E-state index contributed by atoms with van der Waals surface area (Å²) >= 11 is 0. The van der Waals surface area contributed by atoms with E-state index in [0.29, 0.717) is 11.4 Å². The molecule has 0 spiro atoms. The van der Waals surface area contributed by atoms with E-state index in [0.717, 1.165) is 11.0 Å². The molecule has 0 saturated carbocycles. The molecule has 1 amide bonds. The van der Waals surface area contributed by atoms with Crippen LogP contribution in [0.3, 0.4) is 0 Å². The lowest BCUT2D eigenvalue weighted by molar-refractivity contribution is 0.0945. The third kappa shape index (κ3) is 2.63. The summed E-state index contributed by atoms with van der Waals surface area (Å²) in [5.41, 5.74) is 2.24. The molecule has 2 N–H and O–H groups in total. The quantitative estimate of drug-likeness (QED) is 0.776. The number of nitrogens with zero attached hydrogens (tertiary/aromatic N) is 1. The number of H-pyrrole nitrogens is 1. The molecule has 3 aromatic rings. The van der Waals surface area contributed by atoms with Gasteiger partial charge in [0.05, 0.1) is 23.1 Å². The number of hydrogen-bond donors (Lipinski definition) is 2. The number of fused-ring (bicyclic) bond motifs is 1. The molecule has 0 unspecified atom stereocenters. The SMILES string of the molecule is Cc1cccc(C(=O)NCc2nc3ccccc3[nH]2)c1F. The number of aryl methyl sites for hydroxylation is 1. The number of carbonyl (C=O) groups excluding carboxylic acids is 1. The van der Waals surface area contributed by atoms with Crippen molar-refractivity contribution in [1.82, 2.24) is 15.3 Å². The summed E-state index contributed by atoms with van der Waals surface area (Å²) in [5, 5.41) is 2.67. The number of aromatic nitrogens is 2. The average molecular weight is 283 g/mol. The highest BCUT2D eigenvalue weighted by Crippen LogP contribution is 2.13. The molecule has 4 nitrogen and oxygen atoms in total. The van der Waals surface area contributed by atoms with Gasteiger partial charge in [-0.15, -0.1) is 0 Å². The van der Waals surface area contributed by atoms with Crippen molar-refractivity contribution in [3.8, 4) is 0 Å². The van der Waals surface area contributed by atoms with Gasteiger partial charge in [0.25, 0.3) is 5.91 Å². The lowest BCUT2D eigenvalue weighted by Crippen LogP contribution is -2.24. The van der Waals surface area contributed by atoms with Crippen LogP contribution in [0.1, 0.15) is 21.7 Å². The predicted octanol–water partition coefficient (Wildman–Crippen LogP) is 2.94. The van der Waals surface area contributed by atoms with E-state index in [9.17, 15) is 9.18 Å². The second kappa shape index (κ2) is 5.36. The molecule has 1 heterocycles. The maximum atomic E-state index is 13.9. The number of rotatable bonds is 3. The molecular weight excluding hydrogens is 269 g/mol. The summed E-state index contributed by atoms with van der Waals surface area (Å²) in [4.78, 5) is 19.5. The standard InChI is InChI=1S/C16H14FN3O/c1-10-5-4-6-11(15(10)17)16(21)18-9-14-19-12-7-2-3-8-13(12)20-14/h2-8H,9H2,1H3,(H,18,21)(H,19,20). The van der Waals surface area contributed by atoms with Gasteiger partial charge in [0, 0.05) is 0 Å². The van der Waals surface area contributed by atoms with Gasteiger partial charge in [-0.2, -0.15) is 0 Å². The maximum absolute atomic E-state index is 13.9. The monoisotopic (exact) mass is 283 g/mol. The van der Waals surface area contributed by atoms with Crippen molar-refractivity contribution in [1.29, 1.82) is 0 Å². The second-order valence-electron chi connectivity index (χ2n) is 4.82. The van der Waals surface area contributed by atoms with Crippen LogP contribution in [0, 0.1) is 12.7 Å². The van der Waals surface area contributed by atoms with E-state index in [1.165, 1.54) is 6.07 Å². The van der Waals surface area contributed by atoms with Gasteiger partial charge in [-0.1, -0.05) is 24.3 Å². The first-order valence-corrected chi connectivity index (χ1v) is 6.62. The Morgan fingerprint density at radius 1 is 1.24 bits per heavy atom. The fourth-order valence-corrected chi connectivity index (χ4v) is 2.17. The van der Waals surface area contributed by atoms with Crippen molar-refractivity contribution >= 4 is 16.9 Å². The first-order valence-electron chi connectivity index (χ1n) is 6.62. The summed E-state index contributed by atoms with van der Waals surface area (Å²) in [6, 6.07) is 12.4. The second-order valence-corrected chi connectivity index (χ2v) is 4.82. The number of nitrogens with one attached hydrogen (secondary N) is 2. The Labute approximate surface area is 121 Å². The van der Waals surface area contributed by atoms with Crippen molar-refractivity contribution in [3.05, 3.63) is 65.2 Å². The van der Waals surface area contributed by atoms with Gasteiger partial charge in [0.15, 0.2) is 0 Å². The van der Waals surface area contributed by atoms with E-state index in [-0.39, 0.29) is 12.1 Å². The number of benzene rings is 2. The Morgan fingerprint density at radius 3 is 2.86 bits per heavy atom. The third-order valence-corrected chi connectivity index (χ3v) is 3.29. The normalized spacial score (nSPS) is 10.8. The third-order valence-electron chi connectivity index (χ3n) is 3.29. The number of imidazole rings is 1. The van der Waals surface area contributed by atoms with Crippen LogP contribution in [-0.4, -0.2) is 15.9 Å². The summed E-state index contributed by atoms with van der Waals surface area (Å²) in [5.74, 6) is -0.297. The van der Waals surface area contributed by atoms with Crippen LogP contribution in [0.15, 0.2) is 42.5 Å². The van der Waals surface area contributed by atoms with Gasteiger partial charge >= 0.3 is 0 Å². The van der Waals surface area contributed by atoms with E-state index in [2.05, 4.69) is 15.3 Å². The van der Waals surface area contributed by atoms with E-state index in [1.54, 1.807) is 19.1 Å². The molecule has 1 aromatic heterocycles. The molecule has 0 bridgehead atoms. The molecular formula is C16H14FN3O. The average Bonchev–Trinajstić information content (AvgIpc) is 2.90. The zero-order chi connectivity index (χ0) is 14.8. The minimum Gasteiger partial charge on any atom is -0.345 e. The zero-order valence-electron chi connectivity index (χ0n) is 11.5. The van der Waals surface area contributed by atoms with Crippen LogP contribution in [-0.2, 0) is 6.54 Å². The van der Waals surface area contributed by atoms with Gasteiger partial charge in [0.1, 0.15) is 11.6 Å². The number of hydrogen-bond acceptors (Lipinski definition) is 2. The molecule has 0 aliphatic carbocycles. The molecule has 21 heavy (non-hydrogen) atoms. The molecule has 3 rings (SSSR count). The van der Waals surface area contributed by atoms with Crippen LogP contribution >= 0.6 is 0 Å². The summed E-state index contributed by atoms with van der Waals surface area (Å²) in [6.07, 6.45) is 0. The number of aromatic amines is 1. The van der Waals surface area contributed by atoms with Crippen molar-refractivity contribution in [2.24, 2.45) is 0 Å². The molecule has 2 aromatic carbocycles. The van der Waals surface area contributed by atoms with Crippen LogP contribution in [0.4, 0.5) is 4.39 Å². The molecule has 0 fully saturated rings. The number of carbonyl (C=O) groups is 1. The number of para-hydroxylation sites is 2. The van der Waals surface area contributed by atoms with Gasteiger partial charge in [0.2, 0.25) is 0 Å². The lowest BCUT2D eigenvalue weighted by Gasteiger charge is -2.06. The zero-order valence-corrected chi connectivity index (χ0v) is 11.5. The molecule has 0 radical (unpaired) electrons. The number of amides is 1. The van der Waals surface area contributed by atoms with Gasteiger partial charge in [-0.05, 0) is 30.7 Å². The lowest BCUT2D eigenvalue weighted by atomic mass is 10.1. The maximum Gasteiger partial charge on any atom is 0.254 e. The Morgan fingerprint density at radius 2 is 2.05 bits per heavy atom. The number of halogens is 1. The van der Waals surface area contributed by atoms with Crippen LogP contribution in [0.2, 0.25) is 0 Å². The predicted molar refractivity (Wildman–Crippen MR) is 78.4 cm³/mol. The fraction of sp³-hybridized carbons (Fsp3) is 0.125. The van der Waals surface area contributed by atoms with Gasteiger partial charge in [-0.25, -0.2) is 9.37 Å². The van der Waals surface area contributed by atoms with Gasteiger partial charge in [-0.3, -0.25) is 4.79 Å². The molecule has 5 heteroatoms. The van der Waals surface area contributed by atoms with Crippen molar-refractivity contribution < 1.29 is 9.18 Å². The summed E-state index contributed by atoms with van der Waals surface area (Å²) < 4.78 is 13.9. The molecule has 0 atom stereocenters. The van der Waals surface area contributed by atoms with Crippen molar-refractivity contribution in [2.75, 3.05) is 0 Å².